The summed E-state index contributed by atoms with van der Waals surface area (Å²) >= 11 is 0. The molecule has 0 aliphatic heterocycles. The summed E-state index contributed by atoms with van der Waals surface area (Å²) in [5.41, 5.74) is 6.92. The van der Waals surface area contributed by atoms with Crippen LogP contribution < -0.4 is 11.1 Å². The Morgan fingerprint density at radius 1 is 1.59 bits per heavy atom. The molecule has 3 N–H and O–H groups in total. The van der Waals surface area contributed by atoms with E-state index in [1.54, 1.807) is 25.4 Å². The zero-order chi connectivity index (χ0) is 12.5. The van der Waals surface area contributed by atoms with Crippen LogP contribution in [0.2, 0.25) is 0 Å². The molecule has 0 unspecified atom stereocenters. The van der Waals surface area contributed by atoms with Gasteiger partial charge in [-0.05, 0) is 25.1 Å². The first kappa shape index (κ1) is 13.6. The van der Waals surface area contributed by atoms with E-state index in [9.17, 15) is 4.79 Å². The third-order valence-electron chi connectivity index (χ3n) is 2.29. The zero-order valence-corrected chi connectivity index (χ0v) is 10.1. The van der Waals surface area contributed by atoms with Crippen LogP contribution in [0.1, 0.15) is 22.5 Å². The normalized spacial score (nSPS) is 10.2. The molecule has 0 spiro atoms. The summed E-state index contributed by atoms with van der Waals surface area (Å²) in [6, 6.07) is 3.48. The van der Waals surface area contributed by atoms with Gasteiger partial charge in [-0.3, -0.25) is 9.78 Å². The van der Waals surface area contributed by atoms with Gasteiger partial charge in [0.2, 0.25) is 0 Å². The molecule has 94 valence electrons. The molecule has 0 aliphatic rings. The van der Waals surface area contributed by atoms with Crippen molar-refractivity contribution in [3.8, 4) is 0 Å². The molecule has 0 radical (unpaired) electrons. The molecule has 5 nitrogen and oxygen atoms in total. The number of carbonyl (C=O) groups is 1. The summed E-state index contributed by atoms with van der Waals surface area (Å²) in [6.45, 7) is 1.79. The number of hydrogen-bond donors (Lipinski definition) is 2. The summed E-state index contributed by atoms with van der Waals surface area (Å²) in [5, 5.41) is 2.83. The van der Waals surface area contributed by atoms with Gasteiger partial charge in [-0.15, -0.1) is 0 Å². The number of carbonyl (C=O) groups excluding carboxylic acids is 1. The SMILES string of the molecule is COCCCNC(=O)c1ccnc(CCN)c1. The Balaban J connectivity index is 2.47. The second-order valence-electron chi connectivity index (χ2n) is 3.68. The number of amides is 1. The van der Waals surface area contributed by atoms with Crippen molar-refractivity contribution in [2.75, 3.05) is 26.8 Å². The van der Waals surface area contributed by atoms with E-state index in [0.29, 0.717) is 31.7 Å². The van der Waals surface area contributed by atoms with Gasteiger partial charge in [-0.1, -0.05) is 0 Å². The zero-order valence-electron chi connectivity index (χ0n) is 10.1. The molecule has 0 atom stereocenters. The van der Waals surface area contributed by atoms with Crippen LogP contribution in [0.25, 0.3) is 0 Å². The van der Waals surface area contributed by atoms with Gasteiger partial charge in [0.1, 0.15) is 0 Å². The molecule has 0 aliphatic carbocycles. The summed E-state index contributed by atoms with van der Waals surface area (Å²) in [5.74, 6) is -0.0817. The highest BCUT2D eigenvalue weighted by Crippen LogP contribution is 2.02. The monoisotopic (exact) mass is 237 g/mol. The van der Waals surface area contributed by atoms with Crippen LogP contribution in [0.4, 0.5) is 0 Å². The van der Waals surface area contributed by atoms with Gasteiger partial charge in [0.15, 0.2) is 0 Å². The van der Waals surface area contributed by atoms with Gasteiger partial charge < -0.3 is 15.8 Å². The van der Waals surface area contributed by atoms with Crippen LogP contribution in [-0.4, -0.2) is 37.7 Å². The summed E-state index contributed by atoms with van der Waals surface area (Å²) in [6.07, 6.45) is 3.13. The van der Waals surface area contributed by atoms with Crippen molar-refractivity contribution in [3.05, 3.63) is 29.6 Å². The third-order valence-corrected chi connectivity index (χ3v) is 2.29. The molecule has 1 rings (SSSR count). The average molecular weight is 237 g/mol. The van der Waals surface area contributed by atoms with E-state index in [2.05, 4.69) is 10.3 Å². The average Bonchev–Trinajstić information content (AvgIpc) is 2.35. The van der Waals surface area contributed by atoms with Gasteiger partial charge in [0.25, 0.3) is 5.91 Å². The Bertz CT molecular complexity index is 355. The Kier molecular flexibility index (Phi) is 6.21. The van der Waals surface area contributed by atoms with Crippen molar-refractivity contribution in [1.29, 1.82) is 0 Å². The van der Waals surface area contributed by atoms with Crippen LogP contribution in [-0.2, 0) is 11.2 Å². The third kappa shape index (κ3) is 4.93. The number of ether oxygens (including phenoxy) is 1. The van der Waals surface area contributed by atoms with Crippen LogP contribution in [0, 0.1) is 0 Å². The quantitative estimate of drug-likeness (QED) is 0.671. The minimum Gasteiger partial charge on any atom is -0.385 e. The fourth-order valence-electron chi connectivity index (χ4n) is 1.42. The maximum atomic E-state index is 11.8. The number of nitrogens with zero attached hydrogens (tertiary/aromatic N) is 1. The number of aromatic nitrogens is 1. The number of pyridine rings is 1. The molecule has 0 aromatic carbocycles. The number of methoxy groups -OCH3 is 1. The Morgan fingerprint density at radius 2 is 2.41 bits per heavy atom. The van der Waals surface area contributed by atoms with Crippen molar-refractivity contribution in [2.24, 2.45) is 5.73 Å². The minimum absolute atomic E-state index is 0.0817. The van der Waals surface area contributed by atoms with E-state index in [4.69, 9.17) is 10.5 Å². The summed E-state index contributed by atoms with van der Waals surface area (Å²) in [7, 11) is 1.64. The highest BCUT2D eigenvalue weighted by Gasteiger charge is 2.05. The first-order valence-corrected chi connectivity index (χ1v) is 5.70. The molecule has 0 bridgehead atoms. The number of hydrogen-bond acceptors (Lipinski definition) is 4. The predicted octanol–water partition coefficient (Wildman–Crippen LogP) is 0.349. The van der Waals surface area contributed by atoms with Gasteiger partial charge in [0, 0.05) is 44.1 Å². The first-order valence-electron chi connectivity index (χ1n) is 5.70. The smallest absolute Gasteiger partial charge is 0.251 e. The number of nitrogens with two attached hydrogens (primary N) is 1. The molecular formula is C12H19N3O2. The lowest BCUT2D eigenvalue weighted by molar-refractivity contribution is 0.0948. The van der Waals surface area contributed by atoms with Crippen molar-refractivity contribution in [2.45, 2.75) is 12.8 Å². The molecule has 1 aromatic heterocycles. The molecule has 1 amide bonds. The maximum Gasteiger partial charge on any atom is 0.251 e. The summed E-state index contributed by atoms with van der Waals surface area (Å²) < 4.78 is 4.91. The fraction of sp³-hybridized carbons (Fsp3) is 0.500. The van der Waals surface area contributed by atoms with E-state index in [1.807, 2.05) is 0 Å². The standard InChI is InChI=1S/C12H19N3O2/c1-17-8-2-6-15-12(16)10-4-7-14-11(9-10)3-5-13/h4,7,9H,2-3,5-6,8,13H2,1H3,(H,15,16). The molecule has 17 heavy (non-hydrogen) atoms. The van der Waals surface area contributed by atoms with Crippen LogP contribution in [0.5, 0.6) is 0 Å². The Labute approximate surface area is 101 Å². The van der Waals surface area contributed by atoms with Crippen molar-refractivity contribution < 1.29 is 9.53 Å². The number of rotatable bonds is 7. The second kappa shape index (κ2) is 7.76. The summed E-state index contributed by atoms with van der Waals surface area (Å²) in [4.78, 5) is 15.9. The second-order valence-corrected chi connectivity index (χ2v) is 3.68. The van der Waals surface area contributed by atoms with Gasteiger partial charge in [-0.2, -0.15) is 0 Å². The lowest BCUT2D eigenvalue weighted by atomic mass is 10.2. The highest BCUT2D eigenvalue weighted by atomic mass is 16.5. The van der Waals surface area contributed by atoms with Crippen molar-refractivity contribution in [3.63, 3.8) is 0 Å². The first-order chi connectivity index (χ1) is 8.27. The fourth-order valence-corrected chi connectivity index (χ4v) is 1.42. The lowest BCUT2D eigenvalue weighted by Crippen LogP contribution is -2.25. The van der Waals surface area contributed by atoms with Crippen LogP contribution in [0.3, 0.4) is 0 Å². The molecule has 0 saturated carbocycles. The van der Waals surface area contributed by atoms with Crippen LogP contribution in [0.15, 0.2) is 18.3 Å². The molecular weight excluding hydrogens is 218 g/mol. The van der Waals surface area contributed by atoms with Gasteiger partial charge in [-0.25, -0.2) is 0 Å². The van der Waals surface area contributed by atoms with E-state index in [-0.39, 0.29) is 5.91 Å². The molecule has 0 saturated heterocycles. The van der Waals surface area contributed by atoms with Crippen LogP contribution >= 0.6 is 0 Å². The van der Waals surface area contributed by atoms with Crippen molar-refractivity contribution in [1.82, 2.24) is 10.3 Å². The molecule has 0 fully saturated rings. The minimum atomic E-state index is -0.0817. The van der Waals surface area contributed by atoms with E-state index < -0.39 is 0 Å². The topological polar surface area (TPSA) is 77.2 Å². The van der Waals surface area contributed by atoms with E-state index in [1.165, 1.54) is 0 Å². The Hall–Kier alpha value is -1.46. The Morgan fingerprint density at radius 3 is 3.12 bits per heavy atom. The molecule has 5 heteroatoms. The predicted molar refractivity (Wildman–Crippen MR) is 65.8 cm³/mol. The van der Waals surface area contributed by atoms with E-state index in [0.717, 1.165) is 12.1 Å². The largest absolute Gasteiger partial charge is 0.385 e. The van der Waals surface area contributed by atoms with Crippen molar-refractivity contribution >= 4 is 5.91 Å². The lowest BCUT2D eigenvalue weighted by Gasteiger charge is -2.06. The van der Waals surface area contributed by atoms with E-state index >= 15 is 0 Å². The maximum absolute atomic E-state index is 11.8. The highest BCUT2D eigenvalue weighted by molar-refractivity contribution is 5.94. The number of nitrogens with one attached hydrogen (secondary N) is 1. The molecule has 1 aromatic rings. The van der Waals surface area contributed by atoms with Gasteiger partial charge >= 0.3 is 0 Å². The molecule has 1 heterocycles. The van der Waals surface area contributed by atoms with Gasteiger partial charge in [0.05, 0.1) is 0 Å².